The smallest absolute Gasteiger partial charge is 0.416 e. The Bertz CT molecular complexity index is 1570. The number of likely N-dealkylation sites (tertiary alicyclic amines) is 1. The first-order valence-corrected chi connectivity index (χ1v) is 11.7. The SMILES string of the molecule is Nc1ncnn2c(C3CCN(C(=O)O)C3)cc(-c3ccc(NC(=O)Nc4cc(C(F)(F)F)ccc4F)cc3)c12. The molecule has 1 unspecified atom stereocenters. The fraction of sp³-hybridized carbons (Fsp3) is 0.200. The van der Waals surface area contributed by atoms with Crippen LogP contribution < -0.4 is 16.4 Å². The number of carboxylic acid groups (broad SMARTS) is 1. The standard InChI is InChI=1S/C25H21F4N7O3/c26-18-6-3-15(25(27,28)29)9-19(18)34-23(37)33-16-4-1-13(2-5-16)17-10-20(14-7-8-35(11-14)24(38)39)36-21(17)22(30)31-12-32-36/h1-6,9-10,12,14H,7-8,11H2,(H,38,39)(H2,30,31,32)(H2,33,34,37). The molecule has 2 aromatic heterocycles. The largest absolute Gasteiger partial charge is 0.465 e. The molecular weight excluding hydrogens is 522 g/mol. The minimum absolute atomic E-state index is 0.0995. The second kappa shape index (κ2) is 9.78. The molecule has 0 saturated carbocycles. The van der Waals surface area contributed by atoms with Crippen LogP contribution >= 0.6 is 0 Å². The van der Waals surface area contributed by atoms with Gasteiger partial charge in [0.15, 0.2) is 5.82 Å². The van der Waals surface area contributed by atoms with Crippen LogP contribution in [0.25, 0.3) is 16.6 Å². The number of nitrogens with one attached hydrogen (secondary N) is 2. The predicted molar refractivity (Wildman–Crippen MR) is 134 cm³/mol. The second-order valence-corrected chi connectivity index (χ2v) is 8.95. The van der Waals surface area contributed by atoms with Crippen LogP contribution in [-0.4, -0.2) is 49.8 Å². The minimum Gasteiger partial charge on any atom is -0.465 e. The van der Waals surface area contributed by atoms with Gasteiger partial charge in [-0.3, -0.25) is 0 Å². The molecule has 0 bridgehead atoms. The molecule has 10 nitrogen and oxygen atoms in total. The van der Waals surface area contributed by atoms with E-state index in [1.54, 1.807) is 28.8 Å². The number of benzene rings is 2. The highest BCUT2D eigenvalue weighted by Crippen LogP contribution is 2.37. The third-order valence-electron chi connectivity index (χ3n) is 6.48. The molecule has 3 amide bonds. The molecule has 0 radical (unpaired) electrons. The van der Waals surface area contributed by atoms with Gasteiger partial charge in [0.05, 0.1) is 11.3 Å². The fourth-order valence-electron chi connectivity index (χ4n) is 4.59. The summed E-state index contributed by atoms with van der Waals surface area (Å²) in [6, 6.07) is 9.16. The van der Waals surface area contributed by atoms with E-state index in [4.69, 9.17) is 5.73 Å². The van der Waals surface area contributed by atoms with Crippen LogP contribution in [0.2, 0.25) is 0 Å². The summed E-state index contributed by atoms with van der Waals surface area (Å²) in [5.41, 5.74) is 7.45. The summed E-state index contributed by atoms with van der Waals surface area (Å²) in [7, 11) is 0. The van der Waals surface area contributed by atoms with E-state index >= 15 is 0 Å². The maximum absolute atomic E-state index is 14.0. The van der Waals surface area contributed by atoms with Crippen molar-refractivity contribution in [2.24, 2.45) is 0 Å². The summed E-state index contributed by atoms with van der Waals surface area (Å²) in [5, 5.41) is 18.2. The van der Waals surface area contributed by atoms with Gasteiger partial charge in [-0.1, -0.05) is 12.1 Å². The number of hydrogen-bond acceptors (Lipinski definition) is 5. The molecule has 14 heteroatoms. The zero-order valence-corrected chi connectivity index (χ0v) is 20.0. The van der Waals surface area contributed by atoms with Gasteiger partial charge >= 0.3 is 18.3 Å². The van der Waals surface area contributed by atoms with E-state index in [-0.39, 0.29) is 11.7 Å². The first-order chi connectivity index (χ1) is 18.5. The quantitative estimate of drug-likeness (QED) is 0.260. The van der Waals surface area contributed by atoms with Crippen molar-refractivity contribution in [2.75, 3.05) is 29.5 Å². The van der Waals surface area contributed by atoms with Gasteiger partial charge in [-0.2, -0.15) is 18.3 Å². The Kier molecular flexibility index (Phi) is 6.46. The zero-order chi connectivity index (χ0) is 27.9. The van der Waals surface area contributed by atoms with Crippen LogP contribution in [0, 0.1) is 5.82 Å². The van der Waals surface area contributed by atoms with Crippen molar-refractivity contribution in [1.82, 2.24) is 19.5 Å². The zero-order valence-electron chi connectivity index (χ0n) is 20.0. The average Bonchev–Trinajstić information content (AvgIpc) is 3.51. The Morgan fingerprint density at radius 1 is 1.08 bits per heavy atom. The Morgan fingerprint density at radius 3 is 2.49 bits per heavy atom. The summed E-state index contributed by atoms with van der Waals surface area (Å²) in [6.07, 6.45) is -3.75. The van der Waals surface area contributed by atoms with Gasteiger partial charge in [0, 0.05) is 36.0 Å². The third kappa shape index (κ3) is 5.12. The van der Waals surface area contributed by atoms with E-state index < -0.39 is 35.4 Å². The number of aromatic nitrogens is 3. The number of anilines is 3. The van der Waals surface area contributed by atoms with Gasteiger partial charge < -0.3 is 26.4 Å². The van der Waals surface area contributed by atoms with Crippen molar-refractivity contribution in [3.63, 3.8) is 0 Å². The molecule has 1 saturated heterocycles. The number of nitrogens with zero attached hydrogens (tertiary/aromatic N) is 4. The summed E-state index contributed by atoms with van der Waals surface area (Å²) < 4.78 is 54.4. The number of amides is 3. The molecule has 0 aliphatic carbocycles. The lowest BCUT2D eigenvalue weighted by atomic mass is 10.0. The van der Waals surface area contributed by atoms with Crippen LogP contribution in [0.1, 0.15) is 23.6 Å². The first-order valence-electron chi connectivity index (χ1n) is 11.7. The normalized spacial score (nSPS) is 15.5. The average molecular weight is 543 g/mol. The Morgan fingerprint density at radius 2 is 1.82 bits per heavy atom. The number of carbonyl (C=O) groups excluding carboxylic acids is 1. The monoisotopic (exact) mass is 543 g/mol. The highest BCUT2D eigenvalue weighted by atomic mass is 19.4. The number of nitrogens with two attached hydrogens (primary N) is 1. The highest BCUT2D eigenvalue weighted by Gasteiger charge is 2.32. The molecule has 1 aliphatic rings. The number of fused-ring (bicyclic) bond motifs is 1. The molecule has 1 fully saturated rings. The van der Waals surface area contributed by atoms with Gasteiger partial charge in [-0.15, -0.1) is 0 Å². The van der Waals surface area contributed by atoms with Crippen molar-refractivity contribution in [3.8, 4) is 11.1 Å². The molecule has 5 rings (SSSR count). The van der Waals surface area contributed by atoms with E-state index in [0.29, 0.717) is 60.0 Å². The van der Waals surface area contributed by atoms with E-state index in [2.05, 4.69) is 20.7 Å². The number of nitrogen functional groups attached to an aromatic ring is 1. The van der Waals surface area contributed by atoms with Crippen molar-refractivity contribution in [1.29, 1.82) is 0 Å². The van der Waals surface area contributed by atoms with E-state index in [1.165, 1.54) is 11.2 Å². The maximum atomic E-state index is 14.0. The molecule has 4 aromatic rings. The van der Waals surface area contributed by atoms with Gasteiger partial charge in [-0.25, -0.2) is 23.5 Å². The van der Waals surface area contributed by atoms with Crippen LogP contribution in [0.3, 0.4) is 0 Å². The number of carbonyl (C=O) groups is 2. The second-order valence-electron chi connectivity index (χ2n) is 8.95. The summed E-state index contributed by atoms with van der Waals surface area (Å²) in [4.78, 5) is 29.1. The lowest BCUT2D eigenvalue weighted by Gasteiger charge is -2.12. The summed E-state index contributed by atoms with van der Waals surface area (Å²) in [5.74, 6) is -0.889. The molecule has 39 heavy (non-hydrogen) atoms. The third-order valence-corrected chi connectivity index (χ3v) is 6.48. The van der Waals surface area contributed by atoms with Gasteiger partial charge in [0.2, 0.25) is 0 Å². The van der Waals surface area contributed by atoms with Crippen LogP contribution in [-0.2, 0) is 6.18 Å². The minimum atomic E-state index is -4.69. The lowest BCUT2D eigenvalue weighted by molar-refractivity contribution is -0.137. The van der Waals surface area contributed by atoms with Crippen molar-refractivity contribution in [3.05, 3.63) is 71.9 Å². The molecule has 3 heterocycles. The van der Waals surface area contributed by atoms with Crippen LogP contribution in [0.15, 0.2) is 54.9 Å². The van der Waals surface area contributed by atoms with Crippen LogP contribution in [0.5, 0.6) is 0 Å². The molecule has 2 aromatic carbocycles. The molecule has 5 N–H and O–H groups in total. The Labute approximate surface area is 218 Å². The maximum Gasteiger partial charge on any atom is 0.416 e. The number of halogens is 4. The van der Waals surface area contributed by atoms with Gasteiger partial charge in [-0.05, 0) is 48.4 Å². The Balaban J connectivity index is 1.37. The summed E-state index contributed by atoms with van der Waals surface area (Å²) >= 11 is 0. The van der Waals surface area contributed by atoms with E-state index in [1.807, 2.05) is 6.07 Å². The fourth-order valence-corrected chi connectivity index (χ4v) is 4.59. The van der Waals surface area contributed by atoms with Gasteiger partial charge in [0.25, 0.3) is 0 Å². The number of alkyl halides is 3. The van der Waals surface area contributed by atoms with Crippen molar-refractivity contribution < 1.29 is 32.3 Å². The summed E-state index contributed by atoms with van der Waals surface area (Å²) in [6.45, 7) is 0.713. The highest BCUT2D eigenvalue weighted by molar-refractivity contribution is 6.00. The topological polar surface area (TPSA) is 138 Å². The van der Waals surface area contributed by atoms with E-state index in [9.17, 15) is 32.3 Å². The Hall–Kier alpha value is -4.88. The molecule has 1 aliphatic heterocycles. The predicted octanol–water partition coefficient (Wildman–Crippen LogP) is 5.25. The molecule has 202 valence electrons. The first kappa shape index (κ1) is 25.8. The van der Waals surface area contributed by atoms with Crippen molar-refractivity contribution in [2.45, 2.75) is 18.5 Å². The van der Waals surface area contributed by atoms with Gasteiger partial charge in [0.1, 0.15) is 17.7 Å². The molecule has 1 atom stereocenters. The number of urea groups is 1. The number of hydrogen-bond donors (Lipinski definition) is 4. The molecule has 0 spiro atoms. The van der Waals surface area contributed by atoms with Crippen LogP contribution in [0.4, 0.5) is 44.3 Å². The number of rotatable bonds is 4. The van der Waals surface area contributed by atoms with E-state index in [0.717, 1.165) is 5.69 Å². The molecular formula is C25H21F4N7O3. The lowest BCUT2D eigenvalue weighted by Crippen LogP contribution is -2.26. The van der Waals surface area contributed by atoms with Crippen molar-refractivity contribution >= 4 is 34.8 Å².